The minimum atomic E-state index is -3.43. The molecule has 1 aliphatic heterocycles. The van der Waals surface area contributed by atoms with Gasteiger partial charge >= 0.3 is 0 Å². The van der Waals surface area contributed by atoms with Crippen molar-refractivity contribution in [2.75, 3.05) is 39.8 Å². The summed E-state index contributed by atoms with van der Waals surface area (Å²) in [5.41, 5.74) is 0.398. The molecule has 10 nitrogen and oxygen atoms in total. The predicted octanol–water partition coefficient (Wildman–Crippen LogP) is 0.230. The SMILES string of the molecule is CN=C(NCCC(=O)NC(C)C)N1CCN(S(=O)(=O)Cc2ccon2)CC1.I. The lowest BCUT2D eigenvalue weighted by atomic mass is 10.3. The molecule has 2 heterocycles. The van der Waals surface area contributed by atoms with E-state index in [2.05, 4.69) is 20.8 Å². The predicted molar refractivity (Wildman–Crippen MR) is 117 cm³/mol. The number of carbonyl (C=O) groups excluding carboxylic acids is 1. The lowest BCUT2D eigenvalue weighted by molar-refractivity contribution is -0.121. The lowest BCUT2D eigenvalue weighted by Crippen LogP contribution is -2.54. The molecule has 0 spiro atoms. The maximum absolute atomic E-state index is 12.5. The lowest BCUT2D eigenvalue weighted by Gasteiger charge is -2.35. The largest absolute Gasteiger partial charge is 0.364 e. The fraction of sp³-hybridized carbons (Fsp3) is 0.688. The molecule has 2 N–H and O–H groups in total. The highest BCUT2D eigenvalue weighted by Gasteiger charge is 2.28. The molecule has 1 aromatic rings. The van der Waals surface area contributed by atoms with Gasteiger partial charge in [-0.1, -0.05) is 5.16 Å². The van der Waals surface area contributed by atoms with Crippen LogP contribution < -0.4 is 10.6 Å². The van der Waals surface area contributed by atoms with E-state index in [0.29, 0.717) is 50.8 Å². The van der Waals surface area contributed by atoms with Gasteiger partial charge in [0.25, 0.3) is 0 Å². The van der Waals surface area contributed by atoms with Crippen LogP contribution in [-0.4, -0.2) is 80.5 Å². The third-order valence-corrected chi connectivity index (χ3v) is 5.86. The van der Waals surface area contributed by atoms with Crippen molar-refractivity contribution in [2.24, 2.45) is 4.99 Å². The van der Waals surface area contributed by atoms with Gasteiger partial charge in [0.05, 0.1) is 5.69 Å². The van der Waals surface area contributed by atoms with Gasteiger partial charge < -0.3 is 20.1 Å². The molecule has 0 aliphatic carbocycles. The zero-order valence-corrected chi connectivity index (χ0v) is 19.6. The first-order valence-electron chi connectivity index (χ1n) is 8.94. The normalized spacial score (nSPS) is 16.0. The number of nitrogens with zero attached hydrogens (tertiary/aromatic N) is 4. The Bertz CT molecular complexity index is 730. The van der Waals surface area contributed by atoms with Crippen LogP contribution in [0.1, 0.15) is 26.0 Å². The number of nitrogens with one attached hydrogen (secondary N) is 2. The Morgan fingerprint density at radius 2 is 2.00 bits per heavy atom. The number of halogens is 1. The van der Waals surface area contributed by atoms with Gasteiger partial charge in [0, 0.05) is 58.3 Å². The van der Waals surface area contributed by atoms with E-state index in [1.807, 2.05) is 18.7 Å². The standard InChI is InChI=1S/C16H28N6O4S.HI/c1-13(2)19-15(23)4-6-18-16(17-3)21-7-9-22(10-8-21)27(24,25)12-14-5-11-26-20-14;/h5,11,13H,4,6-10,12H2,1-3H3,(H,17,18)(H,19,23);1H. The van der Waals surface area contributed by atoms with Gasteiger partial charge in [-0.25, -0.2) is 8.42 Å². The second kappa shape index (κ2) is 11.6. The molecule has 12 heteroatoms. The van der Waals surface area contributed by atoms with Crippen molar-refractivity contribution in [3.05, 3.63) is 18.0 Å². The highest BCUT2D eigenvalue weighted by atomic mass is 127. The van der Waals surface area contributed by atoms with Gasteiger partial charge in [-0.3, -0.25) is 9.79 Å². The molecule has 0 saturated carbocycles. The average Bonchev–Trinajstić information content (AvgIpc) is 3.10. The van der Waals surface area contributed by atoms with E-state index in [-0.39, 0.29) is 41.7 Å². The van der Waals surface area contributed by atoms with Crippen molar-refractivity contribution in [3.8, 4) is 0 Å². The summed E-state index contributed by atoms with van der Waals surface area (Å²) >= 11 is 0. The van der Waals surface area contributed by atoms with Gasteiger partial charge in [-0.15, -0.1) is 24.0 Å². The smallest absolute Gasteiger partial charge is 0.221 e. The molecular formula is C16H29IN6O4S. The van der Waals surface area contributed by atoms with Crippen LogP contribution in [0.4, 0.5) is 0 Å². The summed E-state index contributed by atoms with van der Waals surface area (Å²) < 4.78 is 31.1. The van der Waals surface area contributed by atoms with E-state index in [1.54, 1.807) is 13.1 Å². The topological polar surface area (TPSA) is 120 Å². The van der Waals surface area contributed by atoms with E-state index in [9.17, 15) is 13.2 Å². The van der Waals surface area contributed by atoms with Crippen LogP contribution in [0.2, 0.25) is 0 Å². The van der Waals surface area contributed by atoms with E-state index in [1.165, 1.54) is 10.6 Å². The Morgan fingerprint density at radius 1 is 1.32 bits per heavy atom. The number of piperazine rings is 1. The molecule has 1 fully saturated rings. The molecule has 160 valence electrons. The number of sulfonamides is 1. The fourth-order valence-electron chi connectivity index (χ4n) is 2.78. The number of carbonyl (C=O) groups is 1. The molecule has 1 aromatic heterocycles. The van der Waals surface area contributed by atoms with Gasteiger partial charge in [-0.2, -0.15) is 4.31 Å². The number of amides is 1. The minimum absolute atomic E-state index is 0. The van der Waals surface area contributed by atoms with Gasteiger partial charge in [0.2, 0.25) is 15.9 Å². The van der Waals surface area contributed by atoms with Crippen LogP contribution in [0.15, 0.2) is 21.8 Å². The van der Waals surface area contributed by atoms with Crippen molar-refractivity contribution in [2.45, 2.75) is 32.1 Å². The third kappa shape index (κ3) is 7.54. The first-order chi connectivity index (χ1) is 12.8. The first-order valence-corrected chi connectivity index (χ1v) is 10.5. The quantitative estimate of drug-likeness (QED) is 0.296. The van der Waals surface area contributed by atoms with Crippen molar-refractivity contribution in [3.63, 3.8) is 0 Å². The second-order valence-electron chi connectivity index (χ2n) is 6.58. The molecule has 0 aromatic carbocycles. The fourth-order valence-corrected chi connectivity index (χ4v) is 4.21. The van der Waals surface area contributed by atoms with Crippen molar-refractivity contribution in [1.82, 2.24) is 25.0 Å². The number of aromatic nitrogens is 1. The van der Waals surface area contributed by atoms with Crippen LogP contribution in [0.5, 0.6) is 0 Å². The molecule has 1 aliphatic rings. The molecule has 1 amide bonds. The van der Waals surface area contributed by atoms with E-state index in [4.69, 9.17) is 4.52 Å². The van der Waals surface area contributed by atoms with Crippen molar-refractivity contribution >= 4 is 45.9 Å². The maximum Gasteiger partial charge on any atom is 0.221 e. The molecule has 0 bridgehead atoms. The van der Waals surface area contributed by atoms with Crippen LogP contribution >= 0.6 is 24.0 Å². The highest BCUT2D eigenvalue weighted by molar-refractivity contribution is 14.0. The summed E-state index contributed by atoms with van der Waals surface area (Å²) in [5, 5.41) is 9.66. The molecule has 0 unspecified atom stereocenters. The monoisotopic (exact) mass is 528 g/mol. The highest BCUT2D eigenvalue weighted by Crippen LogP contribution is 2.12. The number of hydrogen-bond donors (Lipinski definition) is 2. The van der Waals surface area contributed by atoms with E-state index >= 15 is 0 Å². The van der Waals surface area contributed by atoms with Crippen molar-refractivity contribution < 1.29 is 17.7 Å². The zero-order valence-electron chi connectivity index (χ0n) is 16.4. The van der Waals surface area contributed by atoms with E-state index in [0.717, 1.165) is 0 Å². The molecular weight excluding hydrogens is 499 g/mol. The van der Waals surface area contributed by atoms with Crippen molar-refractivity contribution in [1.29, 1.82) is 0 Å². The number of hydrogen-bond acceptors (Lipinski definition) is 6. The van der Waals surface area contributed by atoms with Gasteiger partial charge in [0.1, 0.15) is 12.0 Å². The Kier molecular flexibility index (Phi) is 10.2. The summed E-state index contributed by atoms with van der Waals surface area (Å²) in [6, 6.07) is 1.67. The first kappa shape index (κ1) is 24.6. The Hall–Kier alpha value is -1.41. The summed E-state index contributed by atoms with van der Waals surface area (Å²) in [7, 11) is -1.76. The number of rotatable bonds is 7. The Balaban J connectivity index is 0.00000392. The second-order valence-corrected chi connectivity index (χ2v) is 8.55. The molecule has 28 heavy (non-hydrogen) atoms. The van der Waals surface area contributed by atoms with Crippen LogP contribution in [0.25, 0.3) is 0 Å². The van der Waals surface area contributed by atoms with Crippen LogP contribution in [-0.2, 0) is 20.6 Å². The Labute approximate surface area is 183 Å². The zero-order chi connectivity index (χ0) is 19.9. The molecule has 1 saturated heterocycles. The van der Waals surface area contributed by atoms with Crippen LogP contribution in [0.3, 0.4) is 0 Å². The summed E-state index contributed by atoms with van der Waals surface area (Å²) in [6.07, 6.45) is 1.71. The third-order valence-electron chi connectivity index (χ3n) is 4.05. The Morgan fingerprint density at radius 3 is 2.54 bits per heavy atom. The summed E-state index contributed by atoms with van der Waals surface area (Å²) in [6.45, 7) is 6.09. The van der Waals surface area contributed by atoms with Gasteiger partial charge in [-0.05, 0) is 13.8 Å². The van der Waals surface area contributed by atoms with E-state index < -0.39 is 10.0 Å². The average molecular weight is 528 g/mol. The molecule has 0 atom stereocenters. The summed E-state index contributed by atoms with van der Waals surface area (Å²) in [4.78, 5) is 17.9. The maximum atomic E-state index is 12.5. The number of aliphatic imine (C=N–C) groups is 1. The number of guanidine groups is 1. The molecule has 2 rings (SSSR count). The van der Waals surface area contributed by atoms with Gasteiger partial charge in [0.15, 0.2) is 5.96 Å². The summed E-state index contributed by atoms with van der Waals surface area (Å²) in [5.74, 6) is 0.485. The molecule has 0 radical (unpaired) electrons. The van der Waals surface area contributed by atoms with Crippen LogP contribution in [0, 0.1) is 0 Å². The minimum Gasteiger partial charge on any atom is -0.364 e.